The number of nitrogens with two attached hydrogens (primary N) is 1. The van der Waals surface area contributed by atoms with Crippen LogP contribution >= 0.6 is 11.3 Å². The van der Waals surface area contributed by atoms with E-state index < -0.39 is 0 Å². The second kappa shape index (κ2) is 6.18. The first-order chi connectivity index (χ1) is 10.7. The SMILES string of the molecule is N#Cc1c(N2CCOCC2)sc(C(=O)c2ccccc2)c1N. The molecule has 2 N–H and O–H groups in total. The second-order valence-electron chi connectivity index (χ2n) is 4.93. The minimum Gasteiger partial charge on any atom is -0.396 e. The van der Waals surface area contributed by atoms with E-state index >= 15 is 0 Å². The monoisotopic (exact) mass is 313 g/mol. The zero-order valence-electron chi connectivity index (χ0n) is 11.9. The molecule has 1 saturated heterocycles. The zero-order chi connectivity index (χ0) is 15.5. The minimum absolute atomic E-state index is 0.140. The molecule has 2 heterocycles. The number of nitrogens with zero attached hydrogens (tertiary/aromatic N) is 2. The smallest absolute Gasteiger partial charge is 0.205 e. The van der Waals surface area contributed by atoms with Crippen molar-refractivity contribution < 1.29 is 9.53 Å². The molecule has 1 aromatic heterocycles. The van der Waals surface area contributed by atoms with Crippen molar-refractivity contribution in [1.82, 2.24) is 0 Å². The standard InChI is InChI=1S/C16H15N3O2S/c17-10-12-13(18)15(14(20)11-4-2-1-3-5-11)22-16(12)19-6-8-21-9-7-19/h1-5H,6-9,18H2. The first kappa shape index (κ1) is 14.6. The van der Waals surface area contributed by atoms with Crippen molar-refractivity contribution in [3.63, 3.8) is 0 Å². The van der Waals surface area contributed by atoms with Gasteiger partial charge < -0.3 is 15.4 Å². The summed E-state index contributed by atoms with van der Waals surface area (Å²) in [6.07, 6.45) is 0. The summed E-state index contributed by atoms with van der Waals surface area (Å²) in [5.41, 5.74) is 7.32. The van der Waals surface area contributed by atoms with Crippen LogP contribution < -0.4 is 10.6 Å². The molecule has 2 aromatic rings. The van der Waals surface area contributed by atoms with Gasteiger partial charge in [-0.2, -0.15) is 5.26 Å². The van der Waals surface area contributed by atoms with E-state index in [9.17, 15) is 10.1 Å². The molecule has 1 fully saturated rings. The van der Waals surface area contributed by atoms with E-state index in [1.54, 1.807) is 12.1 Å². The largest absolute Gasteiger partial charge is 0.396 e. The molecule has 0 saturated carbocycles. The molecule has 6 heteroatoms. The molecule has 0 bridgehead atoms. The average Bonchev–Trinajstić information content (AvgIpc) is 2.92. The number of rotatable bonds is 3. The van der Waals surface area contributed by atoms with E-state index in [-0.39, 0.29) is 11.5 Å². The van der Waals surface area contributed by atoms with Crippen LogP contribution in [0.4, 0.5) is 10.7 Å². The summed E-state index contributed by atoms with van der Waals surface area (Å²) in [4.78, 5) is 15.1. The lowest BCUT2D eigenvalue weighted by molar-refractivity contribution is 0.104. The third-order valence-electron chi connectivity index (χ3n) is 3.58. The number of thiophene rings is 1. The van der Waals surface area contributed by atoms with Crippen LogP contribution in [0.1, 0.15) is 20.8 Å². The van der Waals surface area contributed by atoms with Gasteiger partial charge in [-0.05, 0) is 0 Å². The lowest BCUT2D eigenvalue weighted by Crippen LogP contribution is -2.36. The molecule has 1 aromatic carbocycles. The van der Waals surface area contributed by atoms with E-state index in [4.69, 9.17) is 10.5 Å². The highest BCUT2D eigenvalue weighted by Gasteiger charge is 2.25. The summed E-state index contributed by atoms with van der Waals surface area (Å²) < 4.78 is 5.33. The molecular formula is C16H15N3O2S. The number of ketones is 1. The number of ether oxygens (including phenoxy) is 1. The summed E-state index contributed by atoms with van der Waals surface area (Å²) in [5.74, 6) is -0.140. The molecule has 0 atom stereocenters. The summed E-state index contributed by atoms with van der Waals surface area (Å²) in [5, 5.41) is 10.2. The average molecular weight is 313 g/mol. The molecule has 5 nitrogen and oxygen atoms in total. The number of morpholine rings is 1. The van der Waals surface area contributed by atoms with E-state index in [2.05, 4.69) is 11.0 Å². The summed E-state index contributed by atoms with van der Waals surface area (Å²) in [7, 11) is 0. The topological polar surface area (TPSA) is 79.4 Å². The third-order valence-corrected chi connectivity index (χ3v) is 4.84. The Morgan fingerprint density at radius 2 is 1.95 bits per heavy atom. The molecule has 3 rings (SSSR count). The Kier molecular flexibility index (Phi) is 4.09. The Morgan fingerprint density at radius 3 is 2.59 bits per heavy atom. The van der Waals surface area contributed by atoms with Gasteiger partial charge in [0.15, 0.2) is 0 Å². The van der Waals surface area contributed by atoms with Crippen molar-refractivity contribution in [1.29, 1.82) is 5.26 Å². The van der Waals surface area contributed by atoms with Crippen LogP contribution in [0.5, 0.6) is 0 Å². The number of anilines is 2. The van der Waals surface area contributed by atoms with E-state index in [0.717, 1.165) is 5.00 Å². The van der Waals surface area contributed by atoms with Gasteiger partial charge in [0.25, 0.3) is 0 Å². The van der Waals surface area contributed by atoms with Crippen LogP contribution in [0.25, 0.3) is 0 Å². The highest BCUT2D eigenvalue weighted by Crippen LogP contribution is 2.39. The minimum atomic E-state index is -0.140. The van der Waals surface area contributed by atoms with Crippen LogP contribution in [0.2, 0.25) is 0 Å². The molecule has 0 amide bonds. The van der Waals surface area contributed by atoms with Gasteiger partial charge in [-0.25, -0.2) is 0 Å². The molecule has 0 radical (unpaired) electrons. The van der Waals surface area contributed by atoms with Crippen molar-refractivity contribution >= 4 is 27.8 Å². The fourth-order valence-corrected chi connectivity index (χ4v) is 3.60. The fourth-order valence-electron chi connectivity index (χ4n) is 2.42. The van der Waals surface area contributed by atoms with Crippen LogP contribution in [-0.4, -0.2) is 32.1 Å². The lowest BCUT2D eigenvalue weighted by Gasteiger charge is -2.27. The van der Waals surface area contributed by atoms with Gasteiger partial charge in [0, 0.05) is 18.7 Å². The first-order valence-corrected chi connectivity index (χ1v) is 7.79. The molecule has 0 aliphatic carbocycles. The van der Waals surface area contributed by atoms with Crippen molar-refractivity contribution in [2.45, 2.75) is 0 Å². The number of carbonyl (C=O) groups is 1. The first-order valence-electron chi connectivity index (χ1n) is 6.97. The summed E-state index contributed by atoms with van der Waals surface area (Å²) >= 11 is 1.29. The van der Waals surface area contributed by atoms with Crippen LogP contribution in [0, 0.1) is 11.3 Å². The van der Waals surface area contributed by atoms with Crippen molar-refractivity contribution in [2.24, 2.45) is 0 Å². The Labute approximate surface area is 132 Å². The predicted molar refractivity (Wildman–Crippen MR) is 86.4 cm³/mol. The number of carbonyl (C=O) groups excluding carboxylic acids is 1. The number of nitrogen functional groups attached to an aromatic ring is 1. The summed E-state index contributed by atoms with van der Waals surface area (Å²) in [6, 6.07) is 11.1. The molecule has 1 aliphatic rings. The summed E-state index contributed by atoms with van der Waals surface area (Å²) in [6.45, 7) is 2.64. The van der Waals surface area contributed by atoms with Gasteiger partial charge in [-0.3, -0.25) is 4.79 Å². The van der Waals surface area contributed by atoms with Gasteiger partial charge in [-0.15, -0.1) is 11.3 Å². The maximum absolute atomic E-state index is 12.6. The van der Waals surface area contributed by atoms with Gasteiger partial charge in [-0.1, -0.05) is 30.3 Å². The normalized spacial score (nSPS) is 14.6. The van der Waals surface area contributed by atoms with E-state index in [0.29, 0.717) is 42.3 Å². The van der Waals surface area contributed by atoms with E-state index in [1.165, 1.54) is 11.3 Å². The number of hydrogen-bond donors (Lipinski definition) is 1. The van der Waals surface area contributed by atoms with Gasteiger partial charge in [0.1, 0.15) is 21.5 Å². The maximum Gasteiger partial charge on any atom is 0.205 e. The van der Waals surface area contributed by atoms with Crippen molar-refractivity contribution in [2.75, 3.05) is 36.9 Å². The predicted octanol–water partition coefficient (Wildman–Crippen LogP) is 2.27. The maximum atomic E-state index is 12.6. The van der Waals surface area contributed by atoms with Gasteiger partial charge in [0.2, 0.25) is 5.78 Å². The molecule has 22 heavy (non-hydrogen) atoms. The zero-order valence-corrected chi connectivity index (χ0v) is 12.7. The number of hydrogen-bond acceptors (Lipinski definition) is 6. The highest BCUT2D eigenvalue weighted by molar-refractivity contribution is 7.19. The highest BCUT2D eigenvalue weighted by atomic mass is 32.1. The van der Waals surface area contributed by atoms with Crippen LogP contribution in [0.15, 0.2) is 30.3 Å². The lowest BCUT2D eigenvalue weighted by atomic mass is 10.1. The Balaban J connectivity index is 2.01. The molecular weight excluding hydrogens is 298 g/mol. The molecule has 1 aliphatic heterocycles. The Bertz CT molecular complexity index is 728. The Morgan fingerprint density at radius 1 is 1.27 bits per heavy atom. The molecule has 0 unspecified atom stereocenters. The van der Waals surface area contributed by atoms with Gasteiger partial charge in [0.05, 0.1) is 18.9 Å². The quantitative estimate of drug-likeness (QED) is 0.879. The van der Waals surface area contributed by atoms with Crippen molar-refractivity contribution in [3.05, 3.63) is 46.3 Å². The molecule has 112 valence electrons. The second-order valence-corrected chi connectivity index (χ2v) is 5.93. The number of nitriles is 1. The van der Waals surface area contributed by atoms with Crippen LogP contribution in [0.3, 0.4) is 0 Å². The Hall–Kier alpha value is -2.36. The number of benzene rings is 1. The van der Waals surface area contributed by atoms with Gasteiger partial charge >= 0.3 is 0 Å². The molecule has 0 spiro atoms. The van der Waals surface area contributed by atoms with Crippen LogP contribution in [-0.2, 0) is 4.74 Å². The third kappa shape index (κ3) is 2.56. The van der Waals surface area contributed by atoms with Crippen molar-refractivity contribution in [3.8, 4) is 6.07 Å². The van der Waals surface area contributed by atoms with E-state index in [1.807, 2.05) is 18.2 Å². The fraction of sp³-hybridized carbons (Fsp3) is 0.250.